The van der Waals surface area contributed by atoms with E-state index in [1.165, 1.54) is 0 Å². The van der Waals surface area contributed by atoms with Crippen LogP contribution in [0.15, 0.2) is 18.2 Å². The molecular formula is C13H18N4O3. The largest absolute Gasteiger partial charge is 0.494 e. The monoisotopic (exact) mass is 278 g/mol. The Hall–Kier alpha value is -2.28. The van der Waals surface area contributed by atoms with Crippen LogP contribution in [0.25, 0.3) is 11.0 Å². The number of nitrogens with zero attached hydrogens (tertiary/aromatic N) is 2. The van der Waals surface area contributed by atoms with Gasteiger partial charge in [-0.15, -0.1) is 0 Å². The number of methoxy groups -OCH3 is 2. The van der Waals surface area contributed by atoms with Crippen molar-refractivity contribution in [2.75, 3.05) is 33.1 Å². The fourth-order valence-corrected chi connectivity index (χ4v) is 1.96. The lowest BCUT2D eigenvalue weighted by atomic mass is 10.3. The third-order valence-corrected chi connectivity index (χ3v) is 2.92. The van der Waals surface area contributed by atoms with Gasteiger partial charge in [0.25, 0.3) is 0 Å². The zero-order chi connectivity index (χ0) is 14.5. The molecule has 1 heterocycles. The van der Waals surface area contributed by atoms with Crippen LogP contribution >= 0.6 is 0 Å². The second-order valence-corrected chi connectivity index (χ2v) is 4.23. The van der Waals surface area contributed by atoms with E-state index in [1.807, 2.05) is 12.1 Å². The molecule has 7 heteroatoms. The summed E-state index contributed by atoms with van der Waals surface area (Å²) in [5.74, 6) is 0.773. The average molecular weight is 278 g/mol. The molecular weight excluding hydrogens is 260 g/mol. The van der Waals surface area contributed by atoms with Crippen molar-refractivity contribution in [1.82, 2.24) is 14.9 Å². The zero-order valence-corrected chi connectivity index (χ0v) is 11.5. The molecule has 7 nitrogen and oxygen atoms in total. The number of aromatic nitrogens is 2. The predicted octanol–water partition coefficient (Wildman–Crippen LogP) is 0.390. The minimum absolute atomic E-state index is 0.110. The number of hydrogen-bond donors (Lipinski definition) is 2. The Bertz CT molecular complexity index is 609. The molecule has 0 saturated carbocycles. The molecule has 0 saturated heterocycles. The van der Waals surface area contributed by atoms with Gasteiger partial charge in [0.15, 0.2) is 0 Å². The number of carbonyl (C=O) groups excluding carboxylic acids is 1. The second kappa shape index (κ2) is 6.25. The van der Waals surface area contributed by atoms with Crippen LogP contribution in [0.2, 0.25) is 0 Å². The predicted molar refractivity (Wildman–Crippen MR) is 75.6 cm³/mol. The lowest BCUT2D eigenvalue weighted by molar-refractivity contribution is -0.121. The number of nitrogens with two attached hydrogens (primary N) is 1. The fraction of sp³-hybridized carbons (Fsp3) is 0.385. The van der Waals surface area contributed by atoms with Crippen LogP contribution in [-0.2, 0) is 16.1 Å². The van der Waals surface area contributed by atoms with Crippen LogP contribution in [0.1, 0.15) is 0 Å². The van der Waals surface area contributed by atoms with Crippen LogP contribution in [0, 0.1) is 0 Å². The molecule has 1 amide bonds. The molecule has 2 rings (SSSR count). The topological polar surface area (TPSA) is 91.4 Å². The number of nitrogen functional groups attached to an aromatic ring is 1. The summed E-state index contributed by atoms with van der Waals surface area (Å²) in [5.41, 5.74) is 7.29. The normalized spacial score (nSPS) is 10.7. The van der Waals surface area contributed by atoms with E-state index >= 15 is 0 Å². The minimum Gasteiger partial charge on any atom is -0.494 e. The summed E-state index contributed by atoms with van der Waals surface area (Å²) in [6.45, 7) is 1.05. The molecule has 0 unspecified atom stereocenters. The van der Waals surface area contributed by atoms with Crippen LogP contribution in [0.3, 0.4) is 0 Å². The smallest absolute Gasteiger partial charge is 0.240 e. The molecule has 0 aliphatic heterocycles. The molecule has 0 aliphatic carbocycles. The van der Waals surface area contributed by atoms with Gasteiger partial charge in [-0.3, -0.25) is 4.79 Å². The van der Waals surface area contributed by atoms with Crippen LogP contribution in [0.4, 0.5) is 5.95 Å². The lowest BCUT2D eigenvalue weighted by Crippen LogP contribution is -2.30. The lowest BCUT2D eigenvalue weighted by Gasteiger charge is -2.08. The summed E-state index contributed by atoms with van der Waals surface area (Å²) in [6.07, 6.45) is 0. The van der Waals surface area contributed by atoms with Gasteiger partial charge in [-0.25, -0.2) is 4.98 Å². The van der Waals surface area contributed by atoms with Crippen LogP contribution in [0.5, 0.6) is 5.75 Å². The van der Waals surface area contributed by atoms with Gasteiger partial charge >= 0.3 is 0 Å². The van der Waals surface area contributed by atoms with E-state index in [1.54, 1.807) is 24.9 Å². The van der Waals surface area contributed by atoms with Gasteiger partial charge in [-0.05, 0) is 12.1 Å². The molecule has 3 N–H and O–H groups in total. The van der Waals surface area contributed by atoms with Crippen molar-refractivity contribution in [2.45, 2.75) is 6.54 Å². The molecule has 0 radical (unpaired) electrons. The molecule has 20 heavy (non-hydrogen) atoms. The molecule has 108 valence electrons. The van der Waals surface area contributed by atoms with Crippen LogP contribution < -0.4 is 15.8 Å². The number of fused-ring (bicyclic) bond motifs is 1. The Morgan fingerprint density at radius 3 is 2.95 bits per heavy atom. The fourth-order valence-electron chi connectivity index (χ4n) is 1.96. The van der Waals surface area contributed by atoms with Crippen molar-refractivity contribution >= 4 is 22.9 Å². The highest BCUT2D eigenvalue weighted by molar-refractivity contribution is 5.86. The van der Waals surface area contributed by atoms with E-state index in [-0.39, 0.29) is 18.4 Å². The second-order valence-electron chi connectivity index (χ2n) is 4.23. The highest BCUT2D eigenvalue weighted by atomic mass is 16.5. The van der Waals surface area contributed by atoms with Gasteiger partial charge < -0.3 is 25.1 Å². The SMILES string of the molecule is COCCNC(=O)Cn1c(N)nc2c(OC)cccc21. The first-order valence-electron chi connectivity index (χ1n) is 6.21. The van der Waals surface area contributed by atoms with Crippen molar-refractivity contribution in [2.24, 2.45) is 0 Å². The van der Waals surface area contributed by atoms with Crippen molar-refractivity contribution in [3.63, 3.8) is 0 Å². The molecule has 0 spiro atoms. The van der Waals surface area contributed by atoms with Crippen molar-refractivity contribution in [1.29, 1.82) is 0 Å². The number of nitrogens with one attached hydrogen (secondary N) is 1. The summed E-state index contributed by atoms with van der Waals surface area (Å²) < 4.78 is 11.8. The standard InChI is InChI=1S/C13H18N4O3/c1-19-7-6-15-11(18)8-17-9-4-3-5-10(20-2)12(9)16-13(17)14/h3-5H,6-8H2,1-2H3,(H2,14,16)(H,15,18). The highest BCUT2D eigenvalue weighted by Gasteiger charge is 2.14. The van der Waals surface area contributed by atoms with Crippen molar-refractivity contribution in [3.8, 4) is 5.75 Å². The molecule has 1 aromatic carbocycles. The quantitative estimate of drug-likeness (QED) is 0.746. The van der Waals surface area contributed by atoms with E-state index in [0.29, 0.717) is 24.4 Å². The number of benzene rings is 1. The van der Waals surface area contributed by atoms with E-state index in [0.717, 1.165) is 5.52 Å². The third kappa shape index (κ3) is 2.83. The van der Waals surface area contributed by atoms with Gasteiger partial charge in [0.1, 0.15) is 17.8 Å². The Balaban J connectivity index is 2.22. The van der Waals surface area contributed by atoms with E-state index in [4.69, 9.17) is 15.2 Å². The number of ether oxygens (including phenoxy) is 2. The number of para-hydroxylation sites is 1. The summed E-state index contributed by atoms with van der Waals surface area (Å²) in [4.78, 5) is 16.1. The highest BCUT2D eigenvalue weighted by Crippen LogP contribution is 2.26. The van der Waals surface area contributed by atoms with Gasteiger partial charge in [0.05, 0.1) is 19.2 Å². The molecule has 0 bridgehead atoms. The number of anilines is 1. The molecule has 0 fully saturated rings. The van der Waals surface area contributed by atoms with E-state index < -0.39 is 0 Å². The van der Waals surface area contributed by atoms with Gasteiger partial charge in [0.2, 0.25) is 11.9 Å². The third-order valence-electron chi connectivity index (χ3n) is 2.92. The Kier molecular flexibility index (Phi) is 4.41. The maximum absolute atomic E-state index is 11.8. The number of carbonyl (C=O) groups is 1. The average Bonchev–Trinajstić information content (AvgIpc) is 2.75. The number of amides is 1. The number of rotatable bonds is 6. The summed E-state index contributed by atoms with van der Waals surface area (Å²) >= 11 is 0. The summed E-state index contributed by atoms with van der Waals surface area (Å²) in [5, 5.41) is 2.74. The van der Waals surface area contributed by atoms with Gasteiger partial charge in [-0.1, -0.05) is 6.07 Å². The zero-order valence-electron chi connectivity index (χ0n) is 11.5. The first kappa shape index (κ1) is 14.1. The molecule has 2 aromatic rings. The summed E-state index contributed by atoms with van der Waals surface area (Å²) in [6, 6.07) is 5.49. The van der Waals surface area contributed by atoms with Gasteiger partial charge in [0, 0.05) is 13.7 Å². The van der Waals surface area contributed by atoms with Crippen molar-refractivity contribution in [3.05, 3.63) is 18.2 Å². The maximum atomic E-state index is 11.8. The molecule has 1 aromatic heterocycles. The molecule has 0 atom stereocenters. The van der Waals surface area contributed by atoms with Crippen LogP contribution in [-0.4, -0.2) is 42.8 Å². The minimum atomic E-state index is -0.143. The van der Waals surface area contributed by atoms with Gasteiger partial charge in [-0.2, -0.15) is 0 Å². The number of imidazole rings is 1. The Morgan fingerprint density at radius 1 is 1.45 bits per heavy atom. The first-order valence-corrected chi connectivity index (χ1v) is 6.21. The van der Waals surface area contributed by atoms with E-state index in [9.17, 15) is 4.79 Å². The molecule has 0 aliphatic rings. The Morgan fingerprint density at radius 2 is 2.25 bits per heavy atom. The summed E-state index contributed by atoms with van der Waals surface area (Å²) in [7, 11) is 3.15. The maximum Gasteiger partial charge on any atom is 0.240 e. The number of hydrogen-bond acceptors (Lipinski definition) is 5. The Labute approximate surface area is 116 Å². The van der Waals surface area contributed by atoms with E-state index in [2.05, 4.69) is 10.3 Å². The first-order chi connectivity index (χ1) is 9.67. The van der Waals surface area contributed by atoms with Crippen molar-refractivity contribution < 1.29 is 14.3 Å².